The average Bonchev–Trinajstić information content (AvgIpc) is 2.41. The van der Waals surface area contributed by atoms with Crippen LogP contribution in [0.25, 0.3) is 0 Å². The molecule has 0 bridgehead atoms. The van der Waals surface area contributed by atoms with E-state index in [2.05, 4.69) is 69.6 Å². The Morgan fingerprint density at radius 2 is 1.79 bits per heavy atom. The van der Waals surface area contributed by atoms with Crippen molar-refractivity contribution >= 4 is 15.9 Å². The summed E-state index contributed by atoms with van der Waals surface area (Å²) in [6.07, 6.45) is 2.97. The SMILES string of the molecule is Cc1ccc(CNC(C)Cc2ccc(Br)cc2)cn1. The molecule has 0 fully saturated rings. The molecule has 1 heterocycles. The Bertz CT molecular complexity index is 505. The van der Waals surface area contributed by atoms with E-state index in [1.807, 2.05) is 13.1 Å². The maximum atomic E-state index is 4.31. The summed E-state index contributed by atoms with van der Waals surface area (Å²) in [5.41, 5.74) is 3.64. The van der Waals surface area contributed by atoms with Gasteiger partial charge in [-0.15, -0.1) is 0 Å². The van der Waals surface area contributed by atoms with Gasteiger partial charge in [0.05, 0.1) is 0 Å². The zero-order chi connectivity index (χ0) is 13.7. The fourth-order valence-electron chi connectivity index (χ4n) is 1.94. The lowest BCUT2D eigenvalue weighted by Gasteiger charge is -2.14. The molecule has 1 atom stereocenters. The van der Waals surface area contributed by atoms with Crippen molar-refractivity contribution in [3.63, 3.8) is 0 Å². The summed E-state index contributed by atoms with van der Waals surface area (Å²) in [4.78, 5) is 4.31. The van der Waals surface area contributed by atoms with Crippen LogP contribution in [0.4, 0.5) is 0 Å². The molecule has 1 aromatic carbocycles. The van der Waals surface area contributed by atoms with Gasteiger partial charge in [0.2, 0.25) is 0 Å². The van der Waals surface area contributed by atoms with Crippen molar-refractivity contribution in [2.24, 2.45) is 0 Å². The molecule has 0 aliphatic rings. The Balaban J connectivity index is 1.82. The predicted octanol–water partition coefficient (Wildman–Crippen LogP) is 3.87. The first kappa shape index (κ1) is 14.2. The van der Waals surface area contributed by atoms with Crippen LogP contribution in [-0.4, -0.2) is 11.0 Å². The Morgan fingerprint density at radius 1 is 1.11 bits per heavy atom. The Kier molecular flexibility index (Phi) is 5.11. The van der Waals surface area contributed by atoms with E-state index >= 15 is 0 Å². The molecule has 0 saturated carbocycles. The van der Waals surface area contributed by atoms with Gasteiger partial charge in [0.25, 0.3) is 0 Å². The summed E-state index contributed by atoms with van der Waals surface area (Å²) in [6.45, 7) is 5.09. The molecule has 2 rings (SSSR count). The third-order valence-electron chi connectivity index (χ3n) is 3.08. The van der Waals surface area contributed by atoms with Gasteiger partial charge < -0.3 is 5.32 Å². The normalized spacial score (nSPS) is 12.4. The minimum Gasteiger partial charge on any atom is -0.310 e. The van der Waals surface area contributed by atoms with Crippen LogP contribution in [0.15, 0.2) is 47.1 Å². The van der Waals surface area contributed by atoms with Gasteiger partial charge in [0.15, 0.2) is 0 Å². The van der Waals surface area contributed by atoms with Crippen molar-refractivity contribution in [2.45, 2.75) is 32.9 Å². The van der Waals surface area contributed by atoms with E-state index in [9.17, 15) is 0 Å². The maximum Gasteiger partial charge on any atom is 0.0372 e. The molecular weight excluding hydrogens is 300 g/mol. The topological polar surface area (TPSA) is 24.9 Å². The van der Waals surface area contributed by atoms with E-state index in [-0.39, 0.29) is 0 Å². The van der Waals surface area contributed by atoms with Crippen LogP contribution in [0.3, 0.4) is 0 Å². The average molecular weight is 319 g/mol. The van der Waals surface area contributed by atoms with E-state index in [1.54, 1.807) is 0 Å². The minimum atomic E-state index is 0.447. The lowest BCUT2D eigenvalue weighted by molar-refractivity contribution is 0.545. The number of benzene rings is 1. The van der Waals surface area contributed by atoms with Crippen molar-refractivity contribution in [3.05, 3.63) is 63.9 Å². The molecule has 3 heteroatoms. The third kappa shape index (κ3) is 4.77. The number of halogens is 1. The lowest BCUT2D eigenvalue weighted by atomic mass is 10.1. The molecule has 1 aromatic heterocycles. The highest BCUT2D eigenvalue weighted by Gasteiger charge is 2.03. The van der Waals surface area contributed by atoms with Crippen LogP contribution < -0.4 is 5.32 Å². The van der Waals surface area contributed by atoms with Crippen molar-refractivity contribution in [2.75, 3.05) is 0 Å². The summed E-state index contributed by atoms with van der Waals surface area (Å²) >= 11 is 3.46. The number of nitrogens with zero attached hydrogens (tertiary/aromatic N) is 1. The quantitative estimate of drug-likeness (QED) is 0.905. The van der Waals surface area contributed by atoms with Crippen LogP contribution in [-0.2, 0) is 13.0 Å². The summed E-state index contributed by atoms with van der Waals surface area (Å²) in [5.74, 6) is 0. The summed E-state index contributed by atoms with van der Waals surface area (Å²) in [5, 5.41) is 3.53. The molecule has 0 amide bonds. The number of hydrogen-bond donors (Lipinski definition) is 1. The molecule has 1 unspecified atom stereocenters. The molecule has 0 saturated heterocycles. The first-order chi connectivity index (χ1) is 9.13. The highest BCUT2D eigenvalue weighted by Crippen LogP contribution is 2.12. The summed E-state index contributed by atoms with van der Waals surface area (Å²) in [6, 6.07) is 13.1. The summed E-state index contributed by atoms with van der Waals surface area (Å²) < 4.78 is 1.13. The highest BCUT2D eigenvalue weighted by molar-refractivity contribution is 9.10. The smallest absolute Gasteiger partial charge is 0.0372 e. The zero-order valence-corrected chi connectivity index (χ0v) is 12.9. The fourth-order valence-corrected chi connectivity index (χ4v) is 2.21. The van der Waals surface area contributed by atoms with Gasteiger partial charge in [-0.1, -0.05) is 34.1 Å². The number of pyridine rings is 1. The van der Waals surface area contributed by atoms with Crippen LogP contribution >= 0.6 is 15.9 Å². The molecule has 0 radical (unpaired) electrons. The van der Waals surface area contributed by atoms with Crippen molar-refractivity contribution in [3.8, 4) is 0 Å². The van der Waals surface area contributed by atoms with E-state index in [0.29, 0.717) is 6.04 Å². The van der Waals surface area contributed by atoms with Gasteiger partial charge in [-0.2, -0.15) is 0 Å². The number of aromatic nitrogens is 1. The number of aryl methyl sites for hydroxylation is 1. The van der Waals surface area contributed by atoms with E-state index in [1.165, 1.54) is 11.1 Å². The maximum absolute atomic E-state index is 4.31. The van der Waals surface area contributed by atoms with Crippen molar-refractivity contribution < 1.29 is 0 Å². The summed E-state index contributed by atoms with van der Waals surface area (Å²) in [7, 11) is 0. The van der Waals surface area contributed by atoms with Gasteiger partial charge in [-0.25, -0.2) is 0 Å². The van der Waals surface area contributed by atoms with E-state index < -0.39 is 0 Å². The Hall–Kier alpha value is -1.19. The molecule has 19 heavy (non-hydrogen) atoms. The molecule has 2 nitrogen and oxygen atoms in total. The first-order valence-corrected chi connectivity index (χ1v) is 7.32. The third-order valence-corrected chi connectivity index (χ3v) is 3.61. The second kappa shape index (κ2) is 6.83. The molecular formula is C16H19BrN2. The molecule has 0 spiro atoms. The zero-order valence-electron chi connectivity index (χ0n) is 11.4. The molecule has 100 valence electrons. The van der Waals surface area contributed by atoms with Crippen LogP contribution in [0.1, 0.15) is 23.7 Å². The second-order valence-electron chi connectivity index (χ2n) is 4.92. The van der Waals surface area contributed by atoms with Crippen LogP contribution in [0.5, 0.6) is 0 Å². The molecule has 0 aliphatic heterocycles. The van der Waals surface area contributed by atoms with Gasteiger partial charge in [0, 0.05) is 29.0 Å². The largest absolute Gasteiger partial charge is 0.310 e. The number of hydrogen-bond acceptors (Lipinski definition) is 2. The predicted molar refractivity (Wildman–Crippen MR) is 83.1 cm³/mol. The van der Waals surface area contributed by atoms with Gasteiger partial charge >= 0.3 is 0 Å². The number of rotatable bonds is 5. The van der Waals surface area contributed by atoms with Gasteiger partial charge in [-0.05, 0) is 49.6 Å². The monoisotopic (exact) mass is 318 g/mol. The first-order valence-electron chi connectivity index (χ1n) is 6.53. The van der Waals surface area contributed by atoms with Crippen molar-refractivity contribution in [1.29, 1.82) is 0 Å². The fraction of sp³-hybridized carbons (Fsp3) is 0.312. The van der Waals surface area contributed by atoms with Gasteiger partial charge in [0.1, 0.15) is 0 Å². The number of nitrogens with one attached hydrogen (secondary N) is 1. The minimum absolute atomic E-state index is 0.447. The highest BCUT2D eigenvalue weighted by atomic mass is 79.9. The standard InChI is InChI=1S/C16H19BrN2/c1-12-3-4-15(10-18-12)11-19-13(2)9-14-5-7-16(17)8-6-14/h3-8,10,13,19H,9,11H2,1-2H3. The second-order valence-corrected chi connectivity index (χ2v) is 5.84. The van der Waals surface area contributed by atoms with Crippen molar-refractivity contribution in [1.82, 2.24) is 10.3 Å². The van der Waals surface area contributed by atoms with Crippen LogP contribution in [0.2, 0.25) is 0 Å². The Morgan fingerprint density at radius 3 is 2.42 bits per heavy atom. The molecule has 2 aromatic rings. The lowest BCUT2D eigenvalue weighted by Crippen LogP contribution is -2.27. The van der Waals surface area contributed by atoms with E-state index in [0.717, 1.165) is 23.1 Å². The Labute approximate surface area is 123 Å². The molecule has 0 aliphatic carbocycles. The van der Waals surface area contributed by atoms with E-state index in [4.69, 9.17) is 0 Å². The van der Waals surface area contributed by atoms with Crippen LogP contribution in [0, 0.1) is 6.92 Å². The molecule has 1 N–H and O–H groups in total. The van der Waals surface area contributed by atoms with Gasteiger partial charge in [-0.3, -0.25) is 4.98 Å².